The van der Waals surface area contributed by atoms with Gasteiger partial charge >= 0.3 is 0 Å². The molecule has 1 aliphatic carbocycles. The van der Waals surface area contributed by atoms with Crippen molar-refractivity contribution < 1.29 is 5.11 Å². The summed E-state index contributed by atoms with van der Waals surface area (Å²) >= 11 is 0. The number of aliphatic hydroxyl groups excluding tert-OH is 1. The fourth-order valence-electron chi connectivity index (χ4n) is 1.07. The molecule has 0 spiro atoms. The normalized spacial score (nSPS) is 37.8. The van der Waals surface area contributed by atoms with Crippen LogP contribution in [0.2, 0.25) is 0 Å². The standard InChI is InChI=1S/C7H12O/c1-6-3-2-4-7(8)5-6/h2-3,6-8H,4-5H2,1H3/t6-,7+/m0/s1. The maximum atomic E-state index is 9.03. The van der Waals surface area contributed by atoms with Gasteiger partial charge in [-0.1, -0.05) is 19.1 Å². The van der Waals surface area contributed by atoms with Crippen molar-refractivity contribution in [2.75, 3.05) is 0 Å². The van der Waals surface area contributed by atoms with E-state index in [1.54, 1.807) is 0 Å². The Labute approximate surface area is 50.0 Å². The van der Waals surface area contributed by atoms with Crippen molar-refractivity contribution in [2.45, 2.75) is 25.9 Å². The molecule has 1 heteroatoms. The van der Waals surface area contributed by atoms with E-state index in [9.17, 15) is 0 Å². The zero-order valence-electron chi connectivity index (χ0n) is 5.17. The summed E-state index contributed by atoms with van der Waals surface area (Å²) < 4.78 is 0. The van der Waals surface area contributed by atoms with E-state index in [1.165, 1.54) is 0 Å². The van der Waals surface area contributed by atoms with Crippen molar-refractivity contribution in [3.05, 3.63) is 12.2 Å². The van der Waals surface area contributed by atoms with Gasteiger partial charge in [0.2, 0.25) is 0 Å². The molecule has 1 rings (SSSR count). The van der Waals surface area contributed by atoms with Gasteiger partial charge < -0.3 is 5.11 Å². The largest absolute Gasteiger partial charge is 0.393 e. The van der Waals surface area contributed by atoms with Gasteiger partial charge in [0.05, 0.1) is 6.10 Å². The first-order chi connectivity index (χ1) is 3.79. The SMILES string of the molecule is C[C@H]1C=CC[C@@H](O)C1. The third kappa shape index (κ3) is 1.34. The number of hydrogen-bond donors (Lipinski definition) is 1. The molecule has 1 N–H and O–H groups in total. The number of aliphatic hydroxyl groups is 1. The minimum absolute atomic E-state index is 0.0741. The van der Waals surface area contributed by atoms with Crippen LogP contribution in [0.5, 0.6) is 0 Å². The van der Waals surface area contributed by atoms with Gasteiger partial charge in [0.1, 0.15) is 0 Å². The summed E-state index contributed by atoms with van der Waals surface area (Å²) in [5.74, 6) is 0.582. The summed E-state index contributed by atoms with van der Waals surface area (Å²) in [6.45, 7) is 2.12. The van der Waals surface area contributed by atoms with Gasteiger partial charge in [-0.05, 0) is 18.8 Å². The van der Waals surface area contributed by atoms with Crippen LogP contribution in [0.15, 0.2) is 12.2 Å². The van der Waals surface area contributed by atoms with Crippen molar-refractivity contribution in [1.82, 2.24) is 0 Å². The van der Waals surface area contributed by atoms with Crippen LogP contribution in [0.1, 0.15) is 19.8 Å². The lowest BCUT2D eigenvalue weighted by atomic mass is 9.96. The number of hydrogen-bond acceptors (Lipinski definition) is 1. The molecule has 0 aromatic rings. The first-order valence-corrected chi connectivity index (χ1v) is 3.14. The molecule has 0 bridgehead atoms. The number of allylic oxidation sites excluding steroid dienone is 1. The lowest BCUT2D eigenvalue weighted by Gasteiger charge is -2.15. The van der Waals surface area contributed by atoms with Crippen molar-refractivity contribution in [2.24, 2.45) is 5.92 Å². The van der Waals surface area contributed by atoms with Gasteiger partial charge in [0, 0.05) is 0 Å². The molecule has 0 saturated heterocycles. The zero-order valence-corrected chi connectivity index (χ0v) is 5.17. The van der Waals surface area contributed by atoms with Crippen LogP contribution in [0, 0.1) is 5.92 Å². The summed E-state index contributed by atoms with van der Waals surface area (Å²) in [7, 11) is 0. The van der Waals surface area contributed by atoms with Gasteiger partial charge in [-0.2, -0.15) is 0 Å². The fraction of sp³-hybridized carbons (Fsp3) is 0.714. The van der Waals surface area contributed by atoms with E-state index in [0.717, 1.165) is 12.8 Å². The Hall–Kier alpha value is -0.300. The molecule has 2 atom stereocenters. The second-order valence-electron chi connectivity index (χ2n) is 2.53. The van der Waals surface area contributed by atoms with Gasteiger partial charge in [-0.25, -0.2) is 0 Å². The van der Waals surface area contributed by atoms with E-state index in [0.29, 0.717) is 5.92 Å². The summed E-state index contributed by atoms with van der Waals surface area (Å²) in [6, 6.07) is 0. The van der Waals surface area contributed by atoms with Gasteiger partial charge in [-0.15, -0.1) is 0 Å². The quantitative estimate of drug-likeness (QED) is 0.469. The minimum Gasteiger partial charge on any atom is -0.393 e. The molecule has 0 unspecified atom stereocenters. The monoisotopic (exact) mass is 112 g/mol. The van der Waals surface area contributed by atoms with Crippen LogP contribution in [0.4, 0.5) is 0 Å². The van der Waals surface area contributed by atoms with Crippen molar-refractivity contribution in [3.63, 3.8) is 0 Å². The van der Waals surface area contributed by atoms with Crippen LogP contribution < -0.4 is 0 Å². The summed E-state index contributed by atoms with van der Waals surface area (Å²) in [4.78, 5) is 0. The van der Waals surface area contributed by atoms with E-state index in [4.69, 9.17) is 5.11 Å². The molecule has 0 radical (unpaired) electrons. The topological polar surface area (TPSA) is 20.2 Å². The third-order valence-electron chi connectivity index (χ3n) is 1.52. The fourth-order valence-corrected chi connectivity index (χ4v) is 1.07. The van der Waals surface area contributed by atoms with Crippen LogP contribution in [-0.2, 0) is 0 Å². The molecule has 8 heavy (non-hydrogen) atoms. The summed E-state index contributed by atoms with van der Waals surface area (Å²) in [5, 5.41) is 9.03. The lowest BCUT2D eigenvalue weighted by molar-refractivity contribution is 0.150. The average molecular weight is 112 g/mol. The second-order valence-corrected chi connectivity index (χ2v) is 2.53. The average Bonchev–Trinajstić information content (AvgIpc) is 1.64. The highest BCUT2D eigenvalue weighted by atomic mass is 16.3. The highest BCUT2D eigenvalue weighted by Gasteiger charge is 2.09. The molecular formula is C7H12O. The van der Waals surface area contributed by atoms with Crippen molar-refractivity contribution in [1.29, 1.82) is 0 Å². The van der Waals surface area contributed by atoms with Crippen LogP contribution >= 0.6 is 0 Å². The Morgan fingerprint density at radius 3 is 2.75 bits per heavy atom. The molecular weight excluding hydrogens is 100 g/mol. The number of rotatable bonds is 0. The van der Waals surface area contributed by atoms with E-state index >= 15 is 0 Å². The molecule has 0 heterocycles. The van der Waals surface area contributed by atoms with E-state index in [-0.39, 0.29) is 6.10 Å². The van der Waals surface area contributed by atoms with E-state index < -0.39 is 0 Å². The predicted octanol–water partition coefficient (Wildman–Crippen LogP) is 1.33. The Bertz CT molecular complexity index is 96.6. The first kappa shape index (κ1) is 5.83. The molecule has 0 aromatic carbocycles. The molecule has 1 nitrogen and oxygen atoms in total. The van der Waals surface area contributed by atoms with Gasteiger partial charge in [0.25, 0.3) is 0 Å². The highest BCUT2D eigenvalue weighted by Crippen LogP contribution is 2.15. The third-order valence-corrected chi connectivity index (χ3v) is 1.52. The Morgan fingerprint density at radius 2 is 2.38 bits per heavy atom. The molecule has 0 amide bonds. The Balaban J connectivity index is 2.42. The molecule has 0 fully saturated rings. The van der Waals surface area contributed by atoms with Crippen LogP contribution in [0.3, 0.4) is 0 Å². The highest BCUT2D eigenvalue weighted by molar-refractivity contribution is 4.94. The second kappa shape index (κ2) is 2.31. The van der Waals surface area contributed by atoms with Gasteiger partial charge in [-0.3, -0.25) is 0 Å². The summed E-state index contributed by atoms with van der Waals surface area (Å²) in [5.41, 5.74) is 0. The van der Waals surface area contributed by atoms with Crippen LogP contribution in [0.25, 0.3) is 0 Å². The smallest absolute Gasteiger partial charge is 0.0580 e. The molecule has 0 aliphatic heterocycles. The maximum Gasteiger partial charge on any atom is 0.0580 e. The molecule has 0 saturated carbocycles. The van der Waals surface area contributed by atoms with Crippen molar-refractivity contribution >= 4 is 0 Å². The predicted molar refractivity (Wildman–Crippen MR) is 33.5 cm³/mol. The minimum atomic E-state index is -0.0741. The molecule has 1 aliphatic rings. The van der Waals surface area contributed by atoms with E-state index in [2.05, 4.69) is 19.1 Å². The Morgan fingerprint density at radius 1 is 1.62 bits per heavy atom. The molecule has 46 valence electrons. The molecule has 0 aromatic heterocycles. The zero-order chi connectivity index (χ0) is 5.98. The summed E-state index contributed by atoms with van der Waals surface area (Å²) in [6.07, 6.45) is 5.93. The van der Waals surface area contributed by atoms with Crippen LogP contribution in [-0.4, -0.2) is 11.2 Å². The maximum absolute atomic E-state index is 9.03. The van der Waals surface area contributed by atoms with Crippen molar-refractivity contribution in [3.8, 4) is 0 Å². The van der Waals surface area contributed by atoms with E-state index in [1.807, 2.05) is 0 Å². The Kier molecular flexibility index (Phi) is 1.69. The lowest BCUT2D eigenvalue weighted by Crippen LogP contribution is -2.12. The first-order valence-electron chi connectivity index (χ1n) is 3.14. The van der Waals surface area contributed by atoms with Gasteiger partial charge in [0.15, 0.2) is 0 Å².